The summed E-state index contributed by atoms with van der Waals surface area (Å²) in [4.78, 5) is 15.4. The highest BCUT2D eigenvalue weighted by Gasteiger charge is 2.12. The molecule has 1 aromatic heterocycles. The summed E-state index contributed by atoms with van der Waals surface area (Å²) in [6, 6.07) is 0. The molecular weight excluding hydrogens is 182 g/mol. The van der Waals surface area contributed by atoms with Crippen molar-refractivity contribution in [2.75, 3.05) is 13.1 Å². The molecule has 0 aliphatic heterocycles. The van der Waals surface area contributed by atoms with Crippen LogP contribution in [0.5, 0.6) is 0 Å². The van der Waals surface area contributed by atoms with Gasteiger partial charge in [0.1, 0.15) is 5.82 Å². The molecule has 0 spiro atoms. The van der Waals surface area contributed by atoms with E-state index in [1.807, 2.05) is 13.8 Å². The van der Waals surface area contributed by atoms with Crippen molar-refractivity contribution in [2.45, 2.75) is 19.8 Å². The van der Waals surface area contributed by atoms with Crippen LogP contribution in [-0.4, -0.2) is 34.2 Å². The minimum absolute atomic E-state index is 0.169. The quantitative estimate of drug-likeness (QED) is 0.612. The third-order valence-corrected chi connectivity index (χ3v) is 1.68. The zero-order chi connectivity index (χ0) is 10.6. The zero-order valence-corrected chi connectivity index (χ0v) is 8.37. The largest absolute Gasteiger partial charge is 0.348 e. The molecule has 0 aliphatic carbocycles. The fraction of sp³-hybridized carbons (Fsp3) is 0.625. The van der Waals surface area contributed by atoms with Crippen LogP contribution in [0.1, 0.15) is 36.2 Å². The first kappa shape index (κ1) is 10.6. The van der Waals surface area contributed by atoms with Gasteiger partial charge < -0.3 is 11.1 Å². The molecule has 1 aromatic rings. The number of H-pyrrole nitrogens is 1. The van der Waals surface area contributed by atoms with Crippen molar-refractivity contribution in [2.24, 2.45) is 5.73 Å². The number of carbonyl (C=O) groups excluding carboxylic acids is 1. The average molecular weight is 197 g/mol. The van der Waals surface area contributed by atoms with Crippen molar-refractivity contribution in [1.82, 2.24) is 20.5 Å². The maximum absolute atomic E-state index is 11.3. The molecule has 4 N–H and O–H groups in total. The third-order valence-electron chi connectivity index (χ3n) is 1.68. The van der Waals surface area contributed by atoms with Crippen LogP contribution in [0.3, 0.4) is 0 Å². The smallest absolute Gasteiger partial charge is 0.291 e. The monoisotopic (exact) mass is 197 g/mol. The number of carbonyl (C=O) groups is 1. The fourth-order valence-corrected chi connectivity index (χ4v) is 0.899. The third kappa shape index (κ3) is 2.53. The fourth-order valence-electron chi connectivity index (χ4n) is 0.899. The molecule has 0 fully saturated rings. The van der Waals surface area contributed by atoms with Crippen molar-refractivity contribution in [1.29, 1.82) is 0 Å². The molecule has 0 saturated carbocycles. The van der Waals surface area contributed by atoms with Gasteiger partial charge in [0.2, 0.25) is 5.82 Å². The summed E-state index contributed by atoms with van der Waals surface area (Å²) >= 11 is 0. The molecule has 14 heavy (non-hydrogen) atoms. The van der Waals surface area contributed by atoms with Gasteiger partial charge in [-0.1, -0.05) is 13.8 Å². The lowest BCUT2D eigenvalue weighted by atomic mass is 10.2. The molecule has 0 atom stereocenters. The molecule has 6 nitrogen and oxygen atoms in total. The van der Waals surface area contributed by atoms with Crippen LogP contribution in [0.25, 0.3) is 0 Å². The highest BCUT2D eigenvalue weighted by atomic mass is 16.2. The summed E-state index contributed by atoms with van der Waals surface area (Å²) in [5, 5.41) is 9.10. The van der Waals surface area contributed by atoms with Gasteiger partial charge in [0.05, 0.1) is 0 Å². The Balaban J connectivity index is 2.62. The van der Waals surface area contributed by atoms with Gasteiger partial charge >= 0.3 is 0 Å². The van der Waals surface area contributed by atoms with Gasteiger partial charge in [-0.05, 0) is 0 Å². The van der Waals surface area contributed by atoms with Crippen molar-refractivity contribution in [3.63, 3.8) is 0 Å². The van der Waals surface area contributed by atoms with Gasteiger partial charge in [-0.25, -0.2) is 4.98 Å². The van der Waals surface area contributed by atoms with E-state index in [4.69, 9.17) is 5.73 Å². The Hall–Kier alpha value is -1.43. The number of aromatic amines is 1. The second kappa shape index (κ2) is 4.71. The van der Waals surface area contributed by atoms with Crippen LogP contribution >= 0.6 is 0 Å². The van der Waals surface area contributed by atoms with Crippen LogP contribution < -0.4 is 11.1 Å². The number of nitrogens with one attached hydrogen (secondary N) is 2. The maximum Gasteiger partial charge on any atom is 0.291 e. The van der Waals surface area contributed by atoms with Crippen LogP contribution in [0.2, 0.25) is 0 Å². The average Bonchev–Trinajstić information content (AvgIpc) is 2.62. The van der Waals surface area contributed by atoms with Gasteiger partial charge in [-0.2, -0.15) is 0 Å². The summed E-state index contributed by atoms with van der Waals surface area (Å²) in [6.07, 6.45) is 0. The van der Waals surface area contributed by atoms with Gasteiger partial charge in [0.15, 0.2) is 0 Å². The lowest BCUT2D eigenvalue weighted by molar-refractivity contribution is 0.0944. The lowest BCUT2D eigenvalue weighted by Crippen LogP contribution is -2.29. The first-order valence-electron chi connectivity index (χ1n) is 4.55. The highest BCUT2D eigenvalue weighted by Crippen LogP contribution is 2.07. The molecule has 0 aliphatic rings. The predicted octanol–water partition coefficient (Wildman–Crippen LogP) is -0.383. The molecule has 1 amide bonds. The second-order valence-corrected chi connectivity index (χ2v) is 3.24. The first-order chi connectivity index (χ1) is 6.65. The number of rotatable bonds is 4. The highest BCUT2D eigenvalue weighted by molar-refractivity contribution is 5.90. The van der Waals surface area contributed by atoms with E-state index in [2.05, 4.69) is 20.5 Å². The molecule has 6 heteroatoms. The van der Waals surface area contributed by atoms with E-state index >= 15 is 0 Å². The molecule has 1 rings (SSSR count). The zero-order valence-electron chi connectivity index (χ0n) is 8.37. The van der Waals surface area contributed by atoms with E-state index in [0.29, 0.717) is 18.9 Å². The van der Waals surface area contributed by atoms with E-state index in [9.17, 15) is 4.79 Å². The molecule has 78 valence electrons. The van der Waals surface area contributed by atoms with E-state index in [1.54, 1.807) is 0 Å². The molecule has 1 heterocycles. The number of amides is 1. The Morgan fingerprint density at radius 1 is 1.64 bits per heavy atom. The normalized spacial score (nSPS) is 10.6. The number of nitrogens with zero attached hydrogens (tertiary/aromatic N) is 2. The van der Waals surface area contributed by atoms with E-state index in [-0.39, 0.29) is 17.6 Å². The van der Waals surface area contributed by atoms with Crippen LogP contribution in [-0.2, 0) is 0 Å². The first-order valence-corrected chi connectivity index (χ1v) is 4.55. The lowest BCUT2D eigenvalue weighted by Gasteiger charge is -1.98. The molecule has 0 unspecified atom stereocenters. The second-order valence-electron chi connectivity index (χ2n) is 3.24. The summed E-state index contributed by atoms with van der Waals surface area (Å²) in [5.41, 5.74) is 5.24. The summed E-state index contributed by atoms with van der Waals surface area (Å²) in [7, 11) is 0. The van der Waals surface area contributed by atoms with Crippen LogP contribution in [0.4, 0.5) is 0 Å². The van der Waals surface area contributed by atoms with E-state index in [1.165, 1.54) is 0 Å². The predicted molar refractivity (Wildman–Crippen MR) is 51.9 cm³/mol. The minimum Gasteiger partial charge on any atom is -0.348 e. The summed E-state index contributed by atoms with van der Waals surface area (Å²) < 4.78 is 0. The van der Waals surface area contributed by atoms with Crippen LogP contribution in [0.15, 0.2) is 0 Å². The Kier molecular flexibility index (Phi) is 3.58. The standard InChI is InChI=1S/C8H15N5O/c1-5(2)6-11-7(13-12-6)8(14)10-4-3-9/h5H,3-4,9H2,1-2H3,(H,10,14)(H,11,12,13). The number of nitrogens with two attached hydrogens (primary N) is 1. The molecule has 0 saturated heterocycles. The van der Waals surface area contributed by atoms with Crippen molar-refractivity contribution < 1.29 is 4.79 Å². The number of hydrogen-bond donors (Lipinski definition) is 3. The minimum atomic E-state index is -0.293. The van der Waals surface area contributed by atoms with Crippen molar-refractivity contribution in [3.8, 4) is 0 Å². The van der Waals surface area contributed by atoms with Crippen molar-refractivity contribution in [3.05, 3.63) is 11.6 Å². The van der Waals surface area contributed by atoms with Gasteiger partial charge in [0, 0.05) is 19.0 Å². The molecule has 0 radical (unpaired) electrons. The van der Waals surface area contributed by atoms with Gasteiger partial charge in [-0.15, -0.1) is 5.10 Å². The van der Waals surface area contributed by atoms with Gasteiger partial charge in [0.25, 0.3) is 5.91 Å². The molecular formula is C8H15N5O. The number of hydrogen-bond acceptors (Lipinski definition) is 4. The Morgan fingerprint density at radius 3 is 2.86 bits per heavy atom. The summed E-state index contributed by atoms with van der Waals surface area (Å²) in [5.74, 6) is 0.821. The Bertz CT molecular complexity index is 306. The van der Waals surface area contributed by atoms with Gasteiger partial charge in [-0.3, -0.25) is 9.89 Å². The van der Waals surface area contributed by atoms with E-state index < -0.39 is 0 Å². The Labute approximate surface area is 82.3 Å². The van der Waals surface area contributed by atoms with Crippen molar-refractivity contribution >= 4 is 5.91 Å². The van der Waals surface area contributed by atoms with E-state index in [0.717, 1.165) is 0 Å². The maximum atomic E-state index is 11.3. The number of aromatic nitrogens is 3. The topological polar surface area (TPSA) is 96.7 Å². The molecule has 0 aromatic carbocycles. The Morgan fingerprint density at radius 2 is 2.36 bits per heavy atom. The SMILES string of the molecule is CC(C)c1nc(C(=O)NCCN)n[nH]1. The molecule has 0 bridgehead atoms. The van der Waals surface area contributed by atoms with Crippen LogP contribution in [0, 0.1) is 0 Å². The summed E-state index contributed by atoms with van der Waals surface area (Å²) in [6.45, 7) is 4.79.